The molecule has 8 nitrogen and oxygen atoms in total. The molecule has 4 amide bonds. The zero-order valence-corrected chi connectivity index (χ0v) is 21.1. The number of imide groups is 2. The predicted molar refractivity (Wildman–Crippen MR) is 140 cm³/mol. The molecule has 0 radical (unpaired) electrons. The molecule has 192 valence electrons. The Hall–Kier alpha value is -3.57. The summed E-state index contributed by atoms with van der Waals surface area (Å²) in [6.45, 7) is 0.607. The maximum Gasteiger partial charge on any atom is 0.286 e. The Kier molecular flexibility index (Phi) is 9.02. The Morgan fingerprint density at radius 2 is 1.27 bits per heavy atom. The summed E-state index contributed by atoms with van der Waals surface area (Å²) in [7, 11) is 0. The number of thioether (sulfide) groups is 2. The SMILES string of the molecule is O=C1NC(=O)C(CCOc2ccc3ccccc3c2)S1.O=C1NC(=O)C(CCOc2ccccc2F)S1. The van der Waals surface area contributed by atoms with E-state index in [1.807, 2.05) is 42.5 Å². The number of amides is 4. The average molecular weight is 543 g/mol. The fraction of sp³-hybridized carbons (Fsp3) is 0.231. The van der Waals surface area contributed by atoms with Crippen LogP contribution in [0.5, 0.6) is 11.5 Å². The van der Waals surface area contributed by atoms with E-state index in [1.165, 1.54) is 12.1 Å². The summed E-state index contributed by atoms with van der Waals surface area (Å²) in [5, 5.41) is 5.35. The minimum atomic E-state index is -0.438. The van der Waals surface area contributed by atoms with Crippen molar-refractivity contribution >= 4 is 56.6 Å². The van der Waals surface area contributed by atoms with Crippen molar-refractivity contribution in [3.8, 4) is 11.5 Å². The molecule has 0 aliphatic carbocycles. The molecule has 37 heavy (non-hydrogen) atoms. The van der Waals surface area contributed by atoms with E-state index in [0.717, 1.165) is 40.0 Å². The lowest BCUT2D eigenvalue weighted by molar-refractivity contribution is -0.120. The third-order valence-corrected chi connectivity index (χ3v) is 7.48. The van der Waals surface area contributed by atoms with Crippen LogP contribution >= 0.6 is 23.5 Å². The van der Waals surface area contributed by atoms with Crippen LogP contribution in [-0.4, -0.2) is 46.0 Å². The quantitative estimate of drug-likeness (QED) is 0.413. The largest absolute Gasteiger partial charge is 0.494 e. The van der Waals surface area contributed by atoms with Gasteiger partial charge in [-0.3, -0.25) is 29.8 Å². The molecule has 2 aliphatic rings. The predicted octanol–water partition coefficient (Wildman–Crippen LogP) is 4.91. The van der Waals surface area contributed by atoms with Crippen LogP contribution in [0.1, 0.15) is 12.8 Å². The molecule has 2 unspecified atom stereocenters. The summed E-state index contributed by atoms with van der Waals surface area (Å²) >= 11 is 1.97. The summed E-state index contributed by atoms with van der Waals surface area (Å²) < 4.78 is 24.0. The first kappa shape index (κ1) is 26.5. The van der Waals surface area contributed by atoms with Gasteiger partial charge in [0.2, 0.25) is 11.8 Å². The summed E-state index contributed by atoms with van der Waals surface area (Å²) in [6.07, 6.45) is 0.894. The van der Waals surface area contributed by atoms with Crippen LogP contribution in [0.25, 0.3) is 10.8 Å². The van der Waals surface area contributed by atoms with Crippen LogP contribution in [0.4, 0.5) is 14.0 Å². The first-order chi connectivity index (χ1) is 17.9. The number of fused-ring (bicyclic) bond motifs is 1. The van der Waals surface area contributed by atoms with Crippen molar-refractivity contribution in [2.75, 3.05) is 13.2 Å². The molecule has 2 fully saturated rings. The number of hydrogen-bond donors (Lipinski definition) is 2. The Morgan fingerprint density at radius 1 is 0.703 bits per heavy atom. The molecule has 5 rings (SSSR count). The van der Waals surface area contributed by atoms with E-state index < -0.39 is 11.1 Å². The number of benzene rings is 3. The van der Waals surface area contributed by atoms with Gasteiger partial charge in [0.15, 0.2) is 11.6 Å². The van der Waals surface area contributed by atoms with Crippen molar-refractivity contribution in [1.82, 2.24) is 10.6 Å². The van der Waals surface area contributed by atoms with Gasteiger partial charge in [0, 0.05) is 12.8 Å². The van der Waals surface area contributed by atoms with Gasteiger partial charge in [-0.25, -0.2) is 4.39 Å². The fourth-order valence-corrected chi connectivity index (χ4v) is 5.14. The van der Waals surface area contributed by atoms with E-state index in [1.54, 1.807) is 12.1 Å². The summed E-state index contributed by atoms with van der Waals surface area (Å²) in [4.78, 5) is 44.5. The maximum atomic E-state index is 13.2. The van der Waals surface area contributed by atoms with Crippen molar-refractivity contribution < 1.29 is 33.0 Å². The van der Waals surface area contributed by atoms with Crippen LogP contribution in [0, 0.1) is 5.82 Å². The van der Waals surface area contributed by atoms with E-state index in [4.69, 9.17) is 9.47 Å². The molecule has 3 aromatic rings. The average Bonchev–Trinajstić information content (AvgIpc) is 3.38. The van der Waals surface area contributed by atoms with E-state index >= 15 is 0 Å². The zero-order valence-electron chi connectivity index (χ0n) is 19.5. The van der Waals surface area contributed by atoms with Crippen molar-refractivity contribution in [3.05, 3.63) is 72.5 Å². The Balaban J connectivity index is 0.000000176. The highest BCUT2D eigenvalue weighted by atomic mass is 32.2. The summed E-state index contributed by atoms with van der Waals surface area (Å²) in [5.41, 5.74) is 0. The van der Waals surface area contributed by atoms with Gasteiger partial charge in [-0.1, -0.05) is 66.0 Å². The Bertz CT molecular complexity index is 1320. The number of para-hydroxylation sites is 1. The molecule has 3 aromatic carbocycles. The second-order valence-corrected chi connectivity index (χ2v) is 10.3. The Labute approximate surface area is 220 Å². The Morgan fingerprint density at radius 3 is 1.86 bits per heavy atom. The van der Waals surface area contributed by atoms with E-state index in [2.05, 4.69) is 10.6 Å². The molecule has 0 spiro atoms. The van der Waals surface area contributed by atoms with Gasteiger partial charge >= 0.3 is 0 Å². The van der Waals surface area contributed by atoms with E-state index in [9.17, 15) is 23.6 Å². The summed E-state index contributed by atoms with van der Waals surface area (Å²) in [5.74, 6) is -0.0352. The van der Waals surface area contributed by atoms with Crippen molar-refractivity contribution in [2.24, 2.45) is 0 Å². The number of carbonyl (C=O) groups is 4. The van der Waals surface area contributed by atoms with Crippen LogP contribution in [0.15, 0.2) is 66.7 Å². The first-order valence-electron chi connectivity index (χ1n) is 11.4. The first-order valence-corrected chi connectivity index (χ1v) is 13.2. The molecule has 2 heterocycles. The molecular weight excluding hydrogens is 519 g/mol. The van der Waals surface area contributed by atoms with Crippen molar-refractivity contribution in [2.45, 2.75) is 23.3 Å². The van der Waals surface area contributed by atoms with E-state index in [-0.39, 0.29) is 39.9 Å². The van der Waals surface area contributed by atoms with Crippen LogP contribution in [0.3, 0.4) is 0 Å². The topological polar surface area (TPSA) is 111 Å². The minimum absolute atomic E-state index is 0.155. The van der Waals surface area contributed by atoms with Crippen molar-refractivity contribution in [1.29, 1.82) is 0 Å². The standard InChI is InChI=1S/C15H13NO3S.C11H10FNO3S/c17-14-13(20-15(18)16-14)7-8-19-12-6-5-10-3-1-2-4-11(10)9-12;12-7-3-1-2-4-8(7)16-6-5-9-10(14)13-11(15)17-9/h1-6,9,13H,7-8H2,(H,16,17,18);1-4,9H,5-6H2,(H,13,14,15). The molecule has 0 saturated carbocycles. The van der Waals surface area contributed by atoms with Gasteiger partial charge in [-0.15, -0.1) is 0 Å². The number of ether oxygens (including phenoxy) is 2. The van der Waals surface area contributed by atoms with Gasteiger partial charge in [0.05, 0.1) is 23.7 Å². The van der Waals surface area contributed by atoms with Gasteiger partial charge in [0.25, 0.3) is 10.5 Å². The third kappa shape index (κ3) is 7.46. The van der Waals surface area contributed by atoms with Crippen molar-refractivity contribution in [3.63, 3.8) is 0 Å². The third-order valence-electron chi connectivity index (χ3n) is 5.38. The number of carbonyl (C=O) groups excluding carboxylic acids is 4. The lowest BCUT2D eigenvalue weighted by atomic mass is 10.1. The summed E-state index contributed by atoms with van der Waals surface area (Å²) in [6, 6.07) is 20.0. The molecule has 2 N–H and O–H groups in total. The molecule has 2 saturated heterocycles. The smallest absolute Gasteiger partial charge is 0.286 e. The maximum absolute atomic E-state index is 13.2. The van der Waals surface area contributed by atoms with Gasteiger partial charge in [-0.2, -0.15) is 0 Å². The molecule has 2 aliphatic heterocycles. The molecule has 0 aromatic heterocycles. The molecule has 2 atom stereocenters. The second kappa shape index (κ2) is 12.6. The van der Waals surface area contributed by atoms with E-state index in [0.29, 0.717) is 19.4 Å². The zero-order chi connectivity index (χ0) is 26.2. The number of nitrogens with one attached hydrogen (secondary N) is 2. The fourth-order valence-electron chi connectivity index (χ4n) is 3.55. The molecular formula is C26H23FN2O6S2. The van der Waals surface area contributed by atoms with Gasteiger partial charge in [0.1, 0.15) is 5.75 Å². The van der Waals surface area contributed by atoms with Gasteiger partial charge < -0.3 is 9.47 Å². The molecule has 11 heteroatoms. The number of hydrogen-bond acceptors (Lipinski definition) is 8. The van der Waals surface area contributed by atoms with Gasteiger partial charge in [-0.05, 0) is 35.0 Å². The highest BCUT2D eigenvalue weighted by Crippen LogP contribution is 2.25. The lowest BCUT2D eigenvalue weighted by Crippen LogP contribution is -2.25. The highest BCUT2D eigenvalue weighted by Gasteiger charge is 2.32. The van der Waals surface area contributed by atoms with Crippen LogP contribution < -0.4 is 20.1 Å². The van der Waals surface area contributed by atoms with Crippen LogP contribution in [0.2, 0.25) is 0 Å². The second-order valence-electron chi connectivity index (χ2n) is 7.98. The minimum Gasteiger partial charge on any atom is -0.494 e. The lowest BCUT2D eigenvalue weighted by Gasteiger charge is -2.09. The number of halogens is 1. The highest BCUT2D eigenvalue weighted by molar-refractivity contribution is 8.15. The molecule has 0 bridgehead atoms. The monoisotopic (exact) mass is 542 g/mol. The number of rotatable bonds is 8. The normalized spacial score (nSPS) is 18.7. The van der Waals surface area contributed by atoms with Crippen LogP contribution in [-0.2, 0) is 9.59 Å².